The Morgan fingerprint density at radius 2 is 1.89 bits per heavy atom. The molecule has 47 heavy (non-hydrogen) atoms. The van der Waals surface area contributed by atoms with E-state index in [-0.39, 0.29) is 37.0 Å². The van der Waals surface area contributed by atoms with Crippen molar-refractivity contribution in [2.45, 2.75) is 75.4 Å². The number of hydrogen-bond donors (Lipinski definition) is 0. The molecular weight excluding hydrogens is 615 g/mol. The maximum Gasteiger partial charge on any atom is 0.282 e. The fourth-order valence-corrected chi connectivity index (χ4v) is 9.11. The molecule has 6 aliphatic rings. The van der Waals surface area contributed by atoms with E-state index in [0.29, 0.717) is 29.7 Å². The van der Waals surface area contributed by atoms with Crippen LogP contribution in [0.3, 0.4) is 0 Å². The van der Waals surface area contributed by atoms with Crippen molar-refractivity contribution in [3.63, 3.8) is 0 Å². The van der Waals surface area contributed by atoms with Crippen molar-refractivity contribution in [2.24, 2.45) is 10.9 Å². The molecule has 8 nitrogen and oxygen atoms in total. The molecule has 0 spiro atoms. The van der Waals surface area contributed by atoms with E-state index >= 15 is 0 Å². The number of aryl methyl sites for hydroxylation is 1. The Hall–Kier alpha value is -3.92. The molecule has 3 saturated heterocycles. The normalized spacial score (nSPS) is 26.6. The summed E-state index contributed by atoms with van der Waals surface area (Å²) in [4.78, 5) is 23.8. The van der Waals surface area contributed by atoms with Crippen molar-refractivity contribution in [1.82, 2.24) is 14.7 Å². The quantitative estimate of drug-likeness (QED) is 0.359. The number of halogens is 2. The van der Waals surface area contributed by atoms with E-state index in [0.717, 1.165) is 74.9 Å². The van der Waals surface area contributed by atoms with Gasteiger partial charge in [-0.05, 0) is 92.8 Å². The van der Waals surface area contributed by atoms with Crippen molar-refractivity contribution in [3.8, 4) is 12.1 Å². The highest BCUT2D eigenvalue weighted by atomic mass is 35.5. The van der Waals surface area contributed by atoms with Crippen LogP contribution in [0.1, 0.15) is 61.6 Å². The first-order chi connectivity index (χ1) is 22.8. The average Bonchev–Trinajstić information content (AvgIpc) is 3.67. The van der Waals surface area contributed by atoms with Crippen molar-refractivity contribution < 1.29 is 13.9 Å². The fraction of sp³-hybridized carbons (Fsp3) is 0.514. The van der Waals surface area contributed by atoms with Crippen LogP contribution in [0.4, 0.5) is 4.39 Å². The topological polar surface area (TPSA) is 96.0 Å². The number of dihydropyridines is 1. The highest BCUT2D eigenvalue weighted by molar-refractivity contribution is 6.37. The first kappa shape index (κ1) is 31.7. The number of nitriles is 2. The number of carbonyl (C=O) groups is 1. The van der Waals surface area contributed by atoms with Crippen LogP contribution in [0.5, 0.6) is 0 Å². The lowest BCUT2D eigenvalue weighted by molar-refractivity contribution is -0.133. The highest BCUT2D eigenvalue weighted by Crippen LogP contribution is 2.44. The van der Waals surface area contributed by atoms with Gasteiger partial charge in [0, 0.05) is 36.3 Å². The number of rotatable bonds is 6. The third kappa shape index (κ3) is 5.68. The predicted octanol–water partition coefficient (Wildman–Crippen LogP) is 5.81. The number of nitrogens with zero attached hydrogens (tertiary/aromatic N) is 6. The molecule has 4 heterocycles. The molecule has 0 bridgehead atoms. The zero-order valence-corrected chi connectivity index (χ0v) is 27.4. The summed E-state index contributed by atoms with van der Waals surface area (Å²) in [7, 11) is 0. The van der Waals surface area contributed by atoms with Crippen molar-refractivity contribution in [2.75, 3.05) is 39.3 Å². The first-order valence-electron chi connectivity index (χ1n) is 16.9. The Morgan fingerprint density at radius 3 is 2.64 bits per heavy atom. The van der Waals surface area contributed by atoms with Crippen molar-refractivity contribution >= 4 is 29.0 Å². The van der Waals surface area contributed by atoms with E-state index in [4.69, 9.17) is 21.3 Å². The maximum absolute atomic E-state index is 14.0. The minimum atomic E-state index is -1.05. The Kier molecular flexibility index (Phi) is 8.72. The van der Waals surface area contributed by atoms with E-state index in [1.165, 1.54) is 22.4 Å². The van der Waals surface area contributed by atoms with Crippen LogP contribution in [0.15, 0.2) is 64.1 Å². The molecule has 4 aliphatic heterocycles. The van der Waals surface area contributed by atoms with Gasteiger partial charge in [0.15, 0.2) is 5.83 Å². The molecule has 0 saturated carbocycles. The van der Waals surface area contributed by atoms with E-state index in [2.05, 4.69) is 52.8 Å². The molecule has 3 fully saturated rings. The standard InChI is InChI=1S/C37H40ClFN6O2/c1-24(39)36(46)45-18-17-43(22-26(45)11-14-40)34-30-19-32(38)29(28-10-4-8-25-7-2-3-9-27(25)28)20-33(30)42-35(31(34)21-41)47-23-37-12-5-15-44(37)16-6-13-37/h4,8,10,19-20,26,30,33H,1-3,5-7,9,11-13,15-18,22-23H2/t26-,30?,33?/m0/s1. The zero-order chi connectivity index (χ0) is 32.7. The highest BCUT2D eigenvalue weighted by Gasteiger charge is 2.46. The molecular formula is C37H40ClFN6O2. The number of piperazine rings is 1. The Bertz CT molecular complexity index is 1690. The van der Waals surface area contributed by atoms with Crippen LogP contribution in [-0.4, -0.2) is 83.5 Å². The molecule has 10 heteroatoms. The van der Waals surface area contributed by atoms with Gasteiger partial charge in [0.25, 0.3) is 5.91 Å². The number of hydrogen-bond acceptors (Lipinski definition) is 7. The Morgan fingerprint density at radius 1 is 1.11 bits per heavy atom. The van der Waals surface area contributed by atoms with Crippen molar-refractivity contribution in [3.05, 3.63) is 75.7 Å². The second-order valence-electron chi connectivity index (χ2n) is 13.6. The van der Waals surface area contributed by atoms with Crippen LogP contribution < -0.4 is 0 Å². The molecule has 2 unspecified atom stereocenters. The third-order valence-corrected chi connectivity index (χ3v) is 11.4. The third-order valence-electron chi connectivity index (χ3n) is 11.1. The molecule has 2 aliphatic carbocycles. The number of fused-ring (bicyclic) bond motifs is 3. The van der Waals surface area contributed by atoms with Crippen molar-refractivity contribution in [1.29, 1.82) is 10.5 Å². The first-order valence-corrected chi connectivity index (χ1v) is 17.3. The van der Waals surface area contributed by atoms with Gasteiger partial charge in [-0.15, -0.1) is 0 Å². The molecule has 0 aromatic heterocycles. The zero-order valence-electron chi connectivity index (χ0n) is 26.7. The summed E-state index contributed by atoms with van der Waals surface area (Å²) in [6, 6.07) is 10.1. The number of allylic oxidation sites excluding steroid dienone is 2. The van der Waals surface area contributed by atoms with Gasteiger partial charge >= 0.3 is 0 Å². The molecule has 1 aromatic rings. The molecule has 3 atom stereocenters. The summed E-state index contributed by atoms with van der Waals surface area (Å²) >= 11 is 7.13. The average molecular weight is 655 g/mol. The van der Waals surface area contributed by atoms with Gasteiger partial charge in [0.05, 0.1) is 30.1 Å². The van der Waals surface area contributed by atoms with E-state index < -0.39 is 17.8 Å². The number of carbonyl (C=O) groups excluding carboxylic acids is 1. The fourth-order valence-electron chi connectivity index (χ4n) is 8.81. The Balaban J connectivity index is 1.28. The van der Waals surface area contributed by atoms with Crippen LogP contribution in [-0.2, 0) is 22.4 Å². The number of ether oxygens (including phenoxy) is 1. The largest absolute Gasteiger partial charge is 0.475 e. The predicted molar refractivity (Wildman–Crippen MR) is 179 cm³/mol. The van der Waals surface area contributed by atoms with Gasteiger partial charge in [-0.1, -0.05) is 42.5 Å². The van der Waals surface area contributed by atoms with E-state index in [9.17, 15) is 19.7 Å². The van der Waals surface area contributed by atoms with Crippen LogP contribution >= 0.6 is 11.6 Å². The number of aliphatic imine (C=N–C) groups is 1. The summed E-state index contributed by atoms with van der Waals surface area (Å²) in [5.74, 6) is -1.86. The van der Waals surface area contributed by atoms with E-state index in [1.54, 1.807) is 0 Å². The molecule has 244 valence electrons. The summed E-state index contributed by atoms with van der Waals surface area (Å²) in [6.07, 6.45) is 13.0. The van der Waals surface area contributed by atoms with Crippen LogP contribution in [0.25, 0.3) is 5.57 Å². The van der Waals surface area contributed by atoms with Gasteiger partial charge in [0.1, 0.15) is 18.2 Å². The lowest BCUT2D eigenvalue weighted by atomic mass is 9.80. The summed E-state index contributed by atoms with van der Waals surface area (Å²) in [6.45, 7) is 6.60. The molecule has 1 amide bonds. The van der Waals surface area contributed by atoms with Crippen LogP contribution in [0.2, 0.25) is 0 Å². The molecule has 0 N–H and O–H groups in total. The van der Waals surface area contributed by atoms with E-state index in [1.807, 2.05) is 6.08 Å². The maximum atomic E-state index is 14.0. The molecule has 1 aromatic carbocycles. The SMILES string of the molecule is C=C(F)C(=O)N1CCN(C2=C(C#N)C(OCC34CCCN3CCC4)=NC3C=C(c4cccc5c4CCCC5)C(Cl)=CC23)C[C@@H]1CC#N. The lowest BCUT2D eigenvalue weighted by Gasteiger charge is -2.45. The van der Waals surface area contributed by atoms with Gasteiger partial charge in [-0.3, -0.25) is 9.69 Å². The lowest BCUT2D eigenvalue weighted by Crippen LogP contribution is -2.56. The summed E-state index contributed by atoms with van der Waals surface area (Å²) in [5.41, 5.74) is 5.85. The van der Waals surface area contributed by atoms with Gasteiger partial charge in [-0.2, -0.15) is 10.5 Å². The molecule has 7 rings (SSSR count). The van der Waals surface area contributed by atoms with Gasteiger partial charge < -0.3 is 14.5 Å². The number of benzene rings is 1. The summed E-state index contributed by atoms with van der Waals surface area (Å²) < 4.78 is 20.6. The monoisotopic (exact) mass is 654 g/mol. The molecule has 0 radical (unpaired) electrons. The van der Waals surface area contributed by atoms with Gasteiger partial charge in [-0.25, -0.2) is 9.38 Å². The van der Waals surface area contributed by atoms with Gasteiger partial charge in [0.2, 0.25) is 5.90 Å². The minimum absolute atomic E-state index is 0.0222. The second kappa shape index (κ2) is 12.9. The van der Waals surface area contributed by atoms with Crippen LogP contribution in [0, 0.1) is 28.6 Å². The second-order valence-corrected chi connectivity index (χ2v) is 14.0. The smallest absolute Gasteiger partial charge is 0.282 e. The minimum Gasteiger partial charge on any atom is -0.475 e. The Labute approximate surface area is 281 Å². The summed E-state index contributed by atoms with van der Waals surface area (Å²) in [5, 5.41) is 20.9. The number of amides is 1.